The van der Waals surface area contributed by atoms with E-state index in [1.807, 2.05) is 18.2 Å². The summed E-state index contributed by atoms with van der Waals surface area (Å²) in [5, 5.41) is 4.06. The number of methoxy groups -OCH3 is 3. The van der Waals surface area contributed by atoms with Crippen LogP contribution in [0.25, 0.3) is 0 Å². The lowest BCUT2D eigenvalue weighted by Crippen LogP contribution is -2.20. The Morgan fingerprint density at radius 2 is 1.73 bits per heavy atom. The number of carbonyl (C=O) groups is 1. The van der Waals surface area contributed by atoms with Crippen LogP contribution in [0.3, 0.4) is 0 Å². The van der Waals surface area contributed by atoms with Crippen LogP contribution >= 0.6 is 0 Å². The number of hydrogen-bond donors (Lipinski definition) is 1. The molecule has 2 aromatic rings. The Bertz CT molecular complexity index is 780. The van der Waals surface area contributed by atoms with E-state index in [1.54, 1.807) is 39.7 Å². The summed E-state index contributed by atoms with van der Waals surface area (Å²) in [6.45, 7) is 0. The SMILES string of the molecule is COc1cc(/C=N\NC(=O)[C@H]2C[C@H]2c2ccccc2)cc(OC)c1OC. The summed E-state index contributed by atoms with van der Waals surface area (Å²) < 4.78 is 15.9. The molecule has 0 unspecified atom stereocenters. The molecule has 0 spiro atoms. The van der Waals surface area contributed by atoms with Crippen molar-refractivity contribution in [1.82, 2.24) is 5.43 Å². The van der Waals surface area contributed by atoms with Gasteiger partial charge in [-0.1, -0.05) is 30.3 Å². The summed E-state index contributed by atoms with van der Waals surface area (Å²) >= 11 is 0. The largest absolute Gasteiger partial charge is 0.493 e. The summed E-state index contributed by atoms with van der Waals surface area (Å²) in [6.07, 6.45) is 2.41. The molecule has 26 heavy (non-hydrogen) atoms. The summed E-state index contributed by atoms with van der Waals surface area (Å²) in [7, 11) is 4.65. The number of hydrogen-bond acceptors (Lipinski definition) is 5. The van der Waals surface area contributed by atoms with Crippen molar-refractivity contribution in [3.05, 3.63) is 53.6 Å². The van der Waals surface area contributed by atoms with Crippen LogP contribution in [-0.4, -0.2) is 33.5 Å². The highest BCUT2D eigenvalue weighted by Gasteiger charge is 2.43. The molecule has 6 nitrogen and oxygen atoms in total. The number of nitrogens with one attached hydrogen (secondary N) is 1. The maximum absolute atomic E-state index is 12.2. The average Bonchev–Trinajstić information content (AvgIpc) is 3.48. The van der Waals surface area contributed by atoms with Crippen LogP contribution in [0.1, 0.15) is 23.5 Å². The number of ether oxygens (including phenoxy) is 3. The lowest BCUT2D eigenvalue weighted by molar-refractivity contribution is -0.122. The first-order valence-electron chi connectivity index (χ1n) is 8.35. The number of hydrazone groups is 1. The Kier molecular flexibility index (Phi) is 5.41. The maximum atomic E-state index is 12.2. The number of benzene rings is 2. The van der Waals surface area contributed by atoms with E-state index < -0.39 is 0 Å². The Hall–Kier alpha value is -3.02. The third-order valence-electron chi connectivity index (χ3n) is 4.43. The molecule has 1 amide bonds. The topological polar surface area (TPSA) is 69.2 Å². The molecule has 2 aromatic carbocycles. The normalized spacial score (nSPS) is 18.4. The third kappa shape index (κ3) is 3.79. The first-order chi connectivity index (χ1) is 12.7. The van der Waals surface area contributed by atoms with Crippen LogP contribution in [0.5, 0.6) is 17.2 Å². The van der Waals surface area contributed by atoms with Crippen LogP contribution in [0, 0.1) is 5.92 Å². The van der Waals surface area contributed by atoms with Crippen LogP contribution in [0.15, 0.2) is 47.6 Å². The van der Waals surface area contributed by atoms with Gasteiger partial charge in [0.25, 0.3) is 0 Å². The molecular formula is C20H22N2O4. The van der Waals surface area contributed by atoms with E-state index in [4.69, 9.17) is 14.2 Å². The van der Waals surface area contributed by atoms with Crippen LogP contribution < -0.4 is 19.6 Å². The van der Waals surface area contributed by atoms with Gasteiger partial charge >= 0.3 is 0 Å². The van der Waals surface area contributed by atoms with Gasteiger partial charge in [-0.3, -0.25) is 4.79 Å². The van der Waals surface area contributed by atoms with Crippen molar-refractivity contribution in [3.8, 4) is 17.2 Å². The number of amides is 1. The minimum atomic E-state index is -0.0671. The summed E-state index contributed by atoms with van der Waals surface area (Å²) in [5.41, 5.74) is 4.54. The van der Waals surface area contributed by atoms with Gasteiger partial charge in [0, 0.05) is 11.5 Å². The molecule has 3 rings (SSSR count). The fourth-order valence-electron chi connectivity index (χ4n) is 2.98. The lowest BCUT2D eigenvalue weighted by Gasteiger charge is -2.12. The average molecular weight is 354 g/mol. The highest BCUT2D eigenvalue weighted by molar-refractivity contribution is 5.86. The zero-order valence-corrected chi connectivity index (χ0v) is 15.1. The number of rotatable bonds is 7. The zero-order chi connectivity index (χ0) is 18.5. The molecule has 0 aromatic heterocycles. The summed E-state index contributed by atoms with van der Waals surface area (Å²) in [5.74, 6) is 1.78. The van der Waals surface area contributed by atoms with E-state index in [-0.39, 0.29) is 17.7 Å². The van der Waals surface area contributed by atoms with Gasteiger partial charge in [0.05, 0.1) is 27.5 Å². The number of carbonyl (C=O) groups excluding carboxylic acids is 1. The fraction of sp³-hybridized carbons (Fsp3) is 0.300. The second-order valence-corrected chi connectivity index (χ2v) is 6.05. The molecule has 1 saturated carbocycles. The maximum Gasteiger partial charge on any atom is 0.243 e. The fourth-order valence-corrected chi connectivity index (χ4v) is 2.98. The molecule has 2 atom stereocenters. The molecule has 1 aliphatic carbocycles. The highest BCUT2D eigenvalue weighted by Crippen LogP contribution is 2.47. The molecule has 136 valence electrons. The minimum absolute atomic E-state index is 0.0190. The van der Waals surface area contributed by atoms with Gasteiger partial charge in [-0.2, -0.15) is 5.10 Å². The number of nitrogens with zero attached hydrogens (tertiary/aromatic N) is 1. The molecule has 1 fully saturated rings. The summed E-state index contributed by atoms with van der Waals surface area (Å²) in [6, 6.07) is 13.6. The van der Waals surface area contributed by atoms with E-state index in [9.17, 15) is 4.79 Å². The lowest BCUT2D eigenvalue weighted by atomic mass is 10.1. The van der Waals surface area contributed by atoms with Crippen LogP contribution in [0.2, 0.25) is 0 Å². The highest BCUT2D eigenvalue weighted by atomic mass is 16.5. The van der Waals surface area contributed by atoms with Crippen molar-refractivity contribution in [3.63, 3.8) is 0 Å². The van der Waals surface area contributed by atoms with E-state index >= 15 is 0 Å². The molecule has 0 saturated heterocycles. The Morgan fingerprint density at radius 1 is 1.08 bits per heavy atom. The Balaban J connectivity index is 1.63. The van der Waals surface area contributed by atoms with E-state index in [2.05, 4.69) is 22.7 Å². The minimum Gasteiger partial charge on any atom is -0.493 e. The monoisotopic (exact) mass is 354 g/mol. The molecule has 0 bridgehead atoms. The van der Waals surface area contributed by atoms with Crippen molar-refractivity contribution in [2.45, 2.75) is 12.3 Å². The molecule has 0 radical (unpaired) electrons. The third-order valence-corrected chi connectivity index (χ3v) is 4.43. The second-order valence-electron chi connectivity index (χ2n) is 6.05. The van der Waals surface area contributed by atoms with Gasteiger partial charge in [0.1, 0.15) is 0 Å². The van der Waals surface area contributed by atoms with Gasteiger partial charge in [0.15, 0.2) is 11.5 Å². The quantitative estimate of drug-likeness (QED) is 0.613. The first kappa shape index (κ1) is 17.8. The Morgan fingerprint density at radius 3 is 2.31 bits per heavy atom. The van der Waals surface area contributed by atoms with Crippen molar-refractivity contribution < 1.29 is 19.0 Å². The van der Waals surface area contributed by atoms with Crippen LogP contribution in [0.4, 0.5) is 0 Å². The molecule has 6 heteroatoms. The molecule has 1 N–H and O–H groups in total. The smallest absolute Gasteiger partial charge is 0.243 e. The van der Waals surface area contributed by atoms with Crippen molar-refractivity contribution in [1.29, 1.82) is 0 Å². The van der Waals surface area contributed by atoms with Gasteiger partial charge in [0.2, 0.25) is 11.7 Å². The predicted octanol–water partition coefficient (Wildman–Crippen LogP) is 2.97. The van der Waals surface area contributed by atoms with Gasteiger partial charge in [-0.25, -0.2) is 5.43 Å². The van der Waals surface area contributed by atoms with E-state index in [0.717, 1.165) is 12.0 Å². The van der Waals surface area contributed by atoms with Gasteiger partial charge < -0.3 is 14.2 Å². The Labute approximate surface area is 152 Å². The van der Waals surface area contributed by atoms with E-state index in [1.165, 1.54) is 5.56 Å². The predicted molar refractivity (Wildman–Crippen MR) is 99.1 cm³/mol. The van der Waals surface area contributed by atoms with Crippen molar-refractivity contribution >= 4 is 12.1 Å². The molecule has 0 aliphatic heterocycles. The van der Waals surface area contributed by atoms with Gasteiger partial charge in [-0.15, -0.1) is 0 Å². The first-order valence-corrected chi connectivity index (χ1v) is 8.35. The van der Waals surface area contributed by atoms with Crippen molar-refractivity contribution in [2.75, 3.05) is 21.3 Å². The second kappa shape index (κ2) is 7.91. The van der Waals surface area contributed by atoms with Gasteiger partial charge in [-0.05, 0) is 30.0 Å². The van der Waals surface area contributed by atoms with Crippen LogP contribution in [-0.2, 0) is 4.79 Å². The standard InChI is InChI=1S/C20H22N2O4/c1-24-17-9-13(10-18(25-2)19(17)26-3)12-21-22-20(23)16-11-15(16)14-7-5-4-6-8-14/h4-10,12,15-16H,11H2,1-3H3,(H,22,23)/b21-12-/t15-,16-/m0/s1. The molecular weight excluding hydrogens is 332 g/mol. The van der Waals surface area contributed by atoms with Crippen molar-refractivity contribution in [2.24, 2.45) is 11.0 Å². The van der Waals surface area contributed by atoms with E-state index in [0.29, 0.717) is 17.2 Å². The molecule has 1 aliphatic rings. The zero-order valence-electron chi connectivity index (χ0n) is 15.1. The summed E-state index contributed by atoms with van der Waals surface area (Å²) in [4.78, 5) is 12.2. The molecule has 0 heterocycles.